The zero-order valence-electron chi connectivity index (χ0n) is 9.69. The van der Waals surface area contributed by atoms with Crippen LogP contribution in [0, 0.1) is 5.92 Å². The largest absolute Gasteiger partial charge is 0.384 e. The number of carbonyl (C=O) groups is 1. The standard InChI is InChI=1S/C12H17N3OS/c13-11-3-1-2-10(15-11)12(16)14-8-9-4-6-17-7-5-9/h1-3,9H,4-8H2,(H2,13,15)(H,14,16). The number of anilines is 1. The minimum absolute atomic E-state index is 0.129. The van der Waals surface area contributed by atoms with Crippen LogP contribution in [0.15, 0.2) is 18.2 Å². The molecule has 0 spiro atoms. The summed E-state index contributed by atoms with van der Waals surface area (Å²) >= 11 is 1.99. The second kappa shape index (κ2) is 5.91. The first-order valence-corrected chi connectivity index (χ1v) is 6.99. The Morgan fingerprint density at radius 3 is 2.94 bits per heavy atom. The molecule has 0 saturated carbocycles. The lowest BCUT2D eigenvalue weighted by Crippen LogP contribution is -2.31. The van der Waals surface area contributed by atoms with Crippen LogP contribution < -0.4 is 11.1 Å². The molecule has 3 N–H and O–H groups in total. The van der Waals surface area contributed by atoms with Gasteiger partial charge in [-0.2, -0.15) is 11.8 Å². The lowest BCUT2D eigenvalue weighted by Gasteiger charge is -2.21. The Kier molecular flexibility index (Phi) is 4.25. The van der Waals surface area contributed by atoms with E-state index in [1.807, 2.05) is 11.8 Å². The number of nitrogens with zero attached hydrogens (tertiary/aromatic N) is 1. The van der Waals surface area contributed by atoms with Crippen molar-refractivity contribution in [2.45, 2.75) is 12.8 Å². The van der Waals surface area contributed by atoms with Crippen molar-refractivity contribution in [2.75, 3.05) is 23.8 Å². The van der Waals surface area contributed by atoms with E-state index in [9.17, 15) is 4.79 Å². The molecule has 1 aliphatic heterocycles. The number of aromatic nitrogens is 1. The normalized spacial score (nSPS) is 16.7. The molecule has 92 valence electrons. The molecule has 17 heavy (non-hydrogen) atoms. The number of nitrogen functional groups attached to an aromatic ring is 1. The summed E-state index contributed by atoms with van der Waals surface area (Å²) in [5.41, 5.74) is 5.94. The monoisotopic (exact) mass is 251 g/mol. The van der Waals surface area contributed by atoms with Gasteiger partial charge in [-0.1, -0.05) is 6.07 Å². The molecule has 1 aromatic heterocycles. The van der Waals surface area contributed by atoms with Crippen molar-refractivity contribution >= 4 is 23.5 Å². The molecule has 1 fully saturated rings. The molecule has 1 amide bonds. The second-order valence-corrected chi connectivity index (χ2v) is 5.44. The maximum Gasteiger partial charge on any atom is 0.269 e. The molecule has 0 bridgehead atoms. The van der Waals surface area contributed by atoms with Crippen molar-refractivity contribution in [3.05, 3.63) is 23.9 Å². The molecule has 0 aromatic carbocycles. The molecule has 5 heteroatoms. The van der Waals surface area contributed by atoms with Crippen LogP contribution in [0.1, 0.15) is 23.3 Å². The highest BCUT2D eigenvalue weighted by Gasteiger charge is 2.15. The molecule has 1 aliphatic rings. The second-order valence-electron chi connectivity index (χ2n) is 4.21. The van der Waals surface area contributed by atoms with E-state index < -0.39 is 0 Å². The van der Waals surface area contributed by atoms with Gasteiger partial charge in [0, 0.05) is 6.54 Å². The molecule has 0 atom stereocenters. The van der Waals surface area contributed by atoms with E-state index in [0.29, 0.717) is 17.4 Å². The number of hydrogen-bond donors (Lipinski definition) is 2. The highest BCUT2D eigenvalue weighted by atomic mass is 32.2. The van der Waals surface area contributed by atoms with Gasteiger partial charge in [0.2, 0.25) is 0 Å². The molecule has 0 unspecified atom stereocenters. The Hall–Kier alpha value is -1.23. The van der Waals surface area contributed by atoms with Crippen molar-refractivity contribution < 1.29 is 4.79 Å². The van der Waals surface area contributed by atoms with E-state index in [4.69, 9.17) is 5.73 Å². The van der Waals surface area contributed by atoms with E-state index in [0.717, 1.165) is 6.54 Å². The fourth-order valence-electron chi connectivity index (χ4n) is 1.86. The van der Waals surface area contributed by atoms with E-state index in [1.54, 1.807) is 18.2 Å². The predicted molar refractivity (Wildman–Crippen MR) is 71.0 cm³/mol. The third-order valence-corrected chi connectivity index (χ3v) is 3.94. The van der Waals surface area contributed by atoms with Gasteiger partial charge in [-0.15, -0.1) is 0 Å². The van der Waals surface area contributed by atoms with Crippen LogP contribution in [-0.2, 0) is 0 Å². The Bertz CT molecular complexity index is 391. The number of carbonyl (C=O) groups excluding carboxylic acids is 1. The Balaban J connectivity index is 1.84. The number of rotatable bonds is 3. The molecule has 1 saturated heterocycles. The van der Waals surface area contributed by atoms with Gasteiger partial charge in [0.05, 0.1) is 0 Å². The van der Waals surface area contributed by atoms with Crippen LogP contribution in [0.5, 0.6) is 0 Å². The zero-order chi connectivity index (χ0) is 12.1. The van der Waals surface area contributed by atoms with Crippen molar-refractivity contribution in [1.82, 2.24) is 10.3 Å². The van der Waals surface area contributed by atoms with E-state index in [1.165, 1.54) is 24.3 Å². The summed E-state index contributed by atoms with van der Waals surface area (Å²) in [4.78, 5) is 15.8. The average Bonchev–Trinajstić information content (AvgIpc) is 2.37. The topological polar surface area (TPSA) is 68.0 Å². The summed E-state index contributed by atoms with van der Waals surface area (Å²) < 4.78 is 0. The third kappa shape index (κ3) is 3.63. The van der Waals surface area contributed by atoms with E-state index in [2.05, 4.69) is 10.3 Å². The first kappa shape index (κ1) is 12.2. The van der Waals surface area contributed by atoms with Gasteiger partial charge in [-0.05, 0) is 42.4 Å². The van der Waals surface area contributed by atoms with Crippen molar-refractivity contribution in [2.24, 2.45) is 5.92 Å². The molecule has 2 rings (SSSR count). The number of nitrogens with two attached hydrogens (primary N) is 1. The Morgan fingerprint density at radius 2 is 2.24 bits per heavy atom. The molecule has 2 heterocycles. The highest BCUT2D eigenvalue weighted by molar-refractivity contribution is 7.99. The molecular formula is C12H17N3OS. The number of thioether (sulfide) groups is 1. The lowest BCUT2D eigenvalue weighted by molar-refractivity contribution is 0.0941. The minimum atomic E-state index is -0.129. The molecule has 4 nitrogen and oxygen atoms in total. The lowest BCUT2D eigenvalue weighted by atomic mass is 10.0. The van der Waals surface area contributed by atoms with Gasteiger partial charge in [0.15, 0.2) is 0 Å². The summed E-state index contributed by atoms with van der Waals surface area (Å²) in [7, 11) is 0. The molecule has 0 radical (unpaired) electrons. The Labute approximate surface area is 105 Å². The van der Waals surface area contributed by atoms with Gasteiger partial charge in [0.1, 0.15) is 11.5 Å². The summed E-state index contributed by atoms with van der Waals surface area (Å²) in [6, 6.07) is 5.10. The van der Waals surface area contributed by atoms with Crippen LogP contribution in [0.3, 0.4) is 0 Å². The van der Waals surface area contributed by atoms with Crippen LogP contribution in [0.25, 0.3) is 0 Å². The van der Waals surface area contributed by atoms with Crippen LogP contribution in [0.2, 0.25) is 0 Å². The van der Waals surface area contributed by atoms with Crippen LogP contribution >= 0.6 is 11.8 Å². The first-order valence-electron chi connectivity index (χ1n) is 5.84. The quantitative estimate of drug-likeness (QED) is 0.855. The third-order valence-electron chi connectivity index (χ3n) is 2.90. The fraction of sp³-hybridized carbons (Fsp3) is 0.500. The van der Waals surface area contributed by atoms with Gasteiger partial charge >= 0.3 is 0 Å². The highest BCUT2D eigenvalue weighted by Crippen LogP contribution is 2.21. The van der Waals surface area contributed by atoms with Crippen molar-refractivity contribution in [3.63, 3.8) is 0 Å². The van der Waals surface area contributed by atoms with Crippen LogP contribution in [0.4, 0.5) is 5.82 Å². The van der Waals surface area contributed by atoms with Gasteiger partial charge in [-0.3, -0.25) is 4.79 Å². The maximum absolute atomic E-state index is 11.8. The van der Waals surface area contributed by atoms with Crippen molar-refractivity contribution in [1.29, 1.82) is 0 Å². The zero-order valence-corrected chi connectivity index (χ0v) is 10.5. The maximum atomic E-state index is 11.8. The van der Waals surface area contributed by atoms with E-state index in [-0.39, 0.29) is 5.91 Å². The Morgan fingerprint density at radius 1 is 1.47 bits per heavy atom. The van der Waals surface area contributed by atoms with Gasteiger partial charge in [0.25, 0.3) is 5.91 Å². The first-order chi connectivity index (χ1) is 8.25. The molecule has 0 aliphatic carbocycles. The SMILES string of the molecule is Nc1cccc(C(=O)NCC2CCSCC2)n1. The van der Waals surface area contributed by atoms with E-state index >= 15 is 0 Å². The van der Waals surface area contributed by atoms with Gasteiger partial charge < -0.3 is 11.1 Å². The number of hydrogen-bond acceptors (Lipinski definition) is 4. The van der Waals surface area contributed by atoms with Crippen molar-refractivity contribution in [3.8, 4) is 0 Å². The predicted octanol–water partition coefficient (Wildman–Crippen LogP) is 1.54. The van der Waals surface area contributed by atoms with Gasteiger partial charge in [-0.25, -0.2) is 4.98 Å². The van der Waals surface area contributed by atoms with Crippen LogP contribution in [-0.4, -0.2) is 28.9 Å². The minimum Gasteiger partial charge on any atom is -0.384 e. The summed E-state index contributed by atoms with van der Waals surface area (Å²) in [5.74, 6) is 3.28. The number of pyridine rings is 1. The molecular weight excluding hydrogens is 234 g/mol. The summed E-state index contributed by atoms with van der Waals surface area (Å²) in [6.45, 7) is 0.746. The smallest absolute Gasteiger partial charge is 0.269 e. The average molecular weight is 251 g/mol. The molecule has 1 aromatic rings. The number of amides is 1. The summed E-state index contributed by atoms with van der Waals surface area (Å²) in [5, 5.41) is 2.93. The number of nitrogens with one attached hydrogen (secondary N) is 1. The fourth-order valence-corrected chi connectivity index (χ4v) is 3.06. The summed E-state index contributed by atoms with van der Waals surface area (Å²) in [6.07, 6.45) is 2.38.